The molecule has 1 aromatic rings. The summed E-state index contributed by atoms with van der Waals surface area (Å²) in [6, 6.07) is 3.32. The third-order valence-corrected chi connectivity index (χ3v) is 3.89. The van der Waals surface area contributed by atoms with Crippen molar-refractivity contribution in [3.8, 4) is 0 Å². The van der Waals surface area contributed by atoms with E-state index in [1.54, 1.807) is 22.8 Å². The van der Waals surface area contributed by atoms with Gasteiger partial charge < -0.3 is 10.0 Å². The number of carbonyl (C=O) groups is 2. The first-order valence-corrected chi connectivity index (χ1v) is 6.88. The number of halogens is 1. The molecule has 1 N–H and O–H groups in total. The summed E-state index contributed by atoms with van der Waals surface area (Å²) in [6.45, 7) is 5.19. The SMILES string of the molecule is CC(=O)N1CCN([C@@H](C(=O)O)c2cc(F)ccc2C)CC1. The van der Waals surface area contributed by atoms with Crippen molar-refractivity contribution < 1.29 is 19.1 Å². The number of carbonyl (C=O) groups excluding carboxylic acids is 1. The van der Waals surface area contributed by atoms with Gasteiger partial charge in [0.1, 0.15) is 11.9 Å². The highest BCUT2D eigenvalue weighted by Crippen LogP contribution is 2.26. The van der Waals surface area contributed by atoms with Crippen molar-refractivity contribution in [2.24, 2.45) is 0 Å². The van der Waals surface area contributed by atoms with Gasteiger partial charge in [-0.3, -0.25) is 14.5 Å². The maximum Gasteiger partial charge on any atom is 0.325 e. The third-order valence-electron chi connectivity index (χ3n) is 3.89. The van der Waals surface area contributed by atoms with E-state index in [0.29, 0.717) is 31.7 Å². The highest BCUT2D eigenvalue weighted by molar-refractivity contribution is 5.76. The van der Waals surface area contributed by atoms with E-state index >= 15 is 0 Å². The maximum atomic E-state index is 13.4. The third kappa shape index (κ3) is 3.39. The molecule has 0 spiro atoms. The lowest BCUT2D eigenvalue weighted by Crippen LogP contribution is -2.50. The number of amides is 1. The number of piperazine rings is 1. The highest BCUT2D eigenvalue weighted by Gasteiger charge is 2.32. The average Bonchev–Trinajstić information content (AvgIpc) is 2.43. The Morgan fingerprint density at radius 2 is 1.86 bits per heavy atom. The zero-order chi connectivity index (χ0) is 15.6. The zero-order valence-electron chi connectivity index (χ0n) is 12.2. The number of benzene rings is 1. The lowest BCUT2D eigenvalue weighted by Gasteiger charge is -2.37. The summed E-state index contributed by atoms with van der Waals surface area (Å²) in [7, 11) is 0. The molecule has 1 aliphatic rings. The molecule has 1 saturated heterocycles. The van der Waals surface area contributed by atoms with E-state index in [4.69, 9.17) is 0 Å². The highest BCUT2D eigenvalue weighted by atomic mass is 19.1. The lowest BCUT2D eigenvalue weighted by molar-refractivity contribution is -0.145. The minimum atomic E-state index is -1.00. The molecule has 2 rings (SSSR count). The second-order valence-electron chi connectivity index (χ2n) is 5.28. The van der Waals surface area contributed by atoms with E-state index < -0.39 is 17.8 Å². The number of aryl methyl sites for hydroxylation is 1. The van der Waals surface area contributed by atoms with Crippen molar-refractivity contribution in [3.63, 3.8) is 0 Å². The van der Waals surface area contributed by atoms with Gasteiger partial charge >= 0.3 is 5.97 Å². The molecule has 0 radical (unpaired) electrons. The van der Waals surface area contributed by atoms with Crippen LogP contribution in [0.1, 0.15) is 24.1 Å². The quantitative estimate of drug-likeness (QED) is 0.916. The normalized spacial score (nSPS) is 17.6. The standard InChI is InChI=1S/C15H19FN2O3/c1-10-3-4-12(16)9-13(10)14(15(20)21)18-7-5-17(6-8-18)11(2)19/h3-4,9,14H,5-8H2,1-2H3,(H,20,21)/t14-/m1/s1. The van der Waals surface area contributed by atoms with E-state index in [0.717, 1.165) is 5.56 Å². The Bertz CT molecular complexity index is 554. The van der Waals surface area contributed by atoms with Crippen molar-refractivity contribution in [2.45, 2.75) is 19.9 Å². The molecule has 6 heteroatoms. The smallest absolute Gasteiger partial charge is 0.325 e. The van der Waals surface area contributed by atoms with Gasteiger partial charge in [0.05, 0.1) is 0 Å². The van der Waals surface area contributed by atoms with Crippen molar-refractivity contribution >= 4 is 11.9 Å². The molecule has 5 nitrogen and oxygen atoms in total. The fourth-order valence-corrected chi connectivity index (χ4v) is 2.69. The summed E-state index contributed by atoms with van der Waals surface area (Å²) in [5, 5.41) is 9.52. The van der Waals surface area contributed by atoms with Gasteiger partial charge in [-0.2, -0.15) is 0 Å². The molecular formula is C15H19FN2O3. The summed E-state index contributed by atoms with van der Waals surface area (Å²) in [5.74, 6) is -1.45. The molecule has 0 aliphatic carbocycles. The summed E-state index contributed by atoms with van der Waals surface area (Å²) in [5.41, 5.74) is 1.22. The van der Waals surface area contributed by atoms with Crippen LogP contribution in [0.3, 0.4) is 0 Å². The Hall–Kier alpha value is -1.95. The summed E-state index contributed by atoms with van der Waals surface area (Å²) in [4.78, 5) is 26.4. The molecule has 0 unspecified atom stereocenters. The number of aliphatic carboxylic acids is 1. The van der Waals surface area contributed by atoms with Crippen molar-refractivity contribution in [3.05, 3.63) is 35.1 Å². The van der Waals surface area contributed by atoms with Crippen LogP contribution in [0.15, 0.2) is 18.2 Å². The number of hydrogen-bond donors (Lipinski definition) is 1. The van der Waals surface area contributed by atoms with Gasteiger partial charge in [-0.05, 0) is 30.2 Å². The minimum absolute atomic E-state index is 0.0107. The van der Waals surface area contributed by atoms with Crippen LogP contribution in [0.25, 0.3) is 0 Å². The van der Waals surface area contributed by atoms with E-state index in [1.807, 2.05) is 0 Å². The van der Waals surface area contributed by atoms with Gasteiger partial charge in [0.25, 0.3) is 0 Å². The van der Waals surface area contributed by atoms with Crippen LogP contribution in [0.2, 0.25) is 0 Å². The monoisotopic (exact) mass is 294 g/mol. The van der Waals surface area contributed by atoms with E-state index in [-0.39, 0.29) is 5.91 Å². The number of hydrogen-bond acceptors (Lipinski definition) is 3. The molecule has 114 valence electrons. The van der Waals surface area contributed by atoms with Crippen LogP contribution in [-0.2, 0) is 9.59 Å². The van der Waals surface area contributed by atoms with Crippen LogP contribution in [0, 0.1) is 12.7 Å². The first kappa shape index (κ1) is 15.4. The molecule has 1 fully saturated rings. The second-order valence-corrected chi connectivity index (χ2v) is 5.28. The Balaban J connectivity index is 2.23. The van der Waals surface area contributed by atoms with Gasteiger partial charge in [-0.1, -0.05) is 6.07 Å². The van der Waals surface area contributed by atoms with Crippen molar-refractivity contribution in [1.29, 1.82) is 0 Å². The second kappa shape index (κ2) is 6.22. The Kier molecular flexibility index (Phi) is 4.57. The number of carboxylic acid groups (broad SMARTS) is 1. The van der Waals surface area contributed by atoms with Gasteiger partial charge in [-0.25, -0.2) is 4.39 Å². The molecular weight excluding hydrogens is 275 g/mol. The molecule has 0 aromatic heterocycles. The van der Waals surface area contributed by atoms with Crippen LogP contribution in [0.4, 0.5) is 4.39 Å². The van der Waals surface area contributed by atoms with E-state index in [1.165, 1.54) is 19.1 Å². The predicted octanol–water partition coefficient (Wildman–Crippen LogP) is 1.42. The summed E-state index contributed by atoms with van der Waals surface area (Å²) in [6.07, 6.45) is 0. The van der Waals surface area contributed by atoms with Gasteiger partial charge in [-0.15, -0.1) is 0 Å². The molecule has 1 aliphatic heterocycles. The lowest BCUT2D eigenvalue weighted by atomic mass is 9.99. The maximum absolute atomic E-state index is 13.4. The molecule has 0 bridgehead atoms. The van der Waals surface area contributed by atoms with Gasteiger partial charge in [0, 0.05) is 33.1 Å². The van der Waals surface area contributed by atoms with Crippen LogP contribution >= 0.6 is 0 Å². The number of carboxylic acids is 1. The first-order chi connectivity index (χ1) is 9.90. The van der Waals surface area contributed by atoms with E-state index in [9.17, 15) is 19.1 Å². The first-order valence-electron chi connectivity index (χ1n) is 6.88. The van der Waals surface area contributed by atoms with Crippen LogP contribution in [-0.4, -0.2) is 53.0 Å². The van der Waals surface area contributed by atoms with Crippen molar-refractivity contribution in [2.75, 3.05) is 26.2 Å². The minimum Gasteiger partial charge on any atom is -0.480 e. The Labute approximate surface area is 123 Å². The zero-order valence-corrected chi connectivity index (χ0v) is 12.2. The van der Waals surface area contributed by atoms with Crippen molar-refractivity contribution in [1.82, 2.24) is 9.80 Å². The largest absolute Gasteiger partial charge is 0.480 e. The van der Waals surface area contributed by atoms with Gasteiger partial charge in [0.2, 0.25) is 5.91 Å². The number of rotatable bonds is 3. The Morgan fingerprint density at radius 3 is 2.38 bits per heavy atom. The van der Waals surface area contributed by atoms with Gasteiger partial charge in [0.15, 0.2) is 0 Å². The fourth-order valence-electron chi connectivity index (χ4n) is 2.69. The average molecular weight is 294 g/mol. The predicted molar refractivity (Wildman–Crippen MR) is 75.3 cm³/mol. The molecule has 1 aromatic carbocycles. The van der Waals surface area contributed by atoms with E-state index in [2.05, 4.69) is 0 Å². The van der Waals surface area contributed by atoms with Crippen LogP contribution < -0.4 is 0 Å². The summed E-state index contributed by atoms with van der Waals surface area (Å²) >= 11 is 0. The number of nitrogens with zero attached hydrogens (tertiary/aromatic N) is 2. The molecule has 0 saturated carbocycles. The van der Waals surface area contributed by atoms with Crippen LogP contribution in [0.5, 0.6) is 0 Å². The molecule has 21 heavy (non-hydrogen) atoms. The molecule has 1 heterocycles. The molecule has 1 atom stereocenters. The molecule has 1 amide bonds. The fraction of sp³-hybridized carbons (Fsp3) is 0.467. The Morgan fingerprint density at radius 1 is 1.24 bits per heavy atom. The summed E-state index contributed by atoms with van der Waals surface area (Å²) < 4.78 is 13.4. The topological polar surface area (TPSA) is 60.9 Å².